The summed E-state index contributed by atoms with van der Waals surface area (Å²) in [5, 5.41) is 2.39. The SMILES string of the molecule is COP(=O)(CC[C@@H](OCc1ccccc1)[C@H](OCc1ccccc1)[C@@H](CN(C=O)OCc1ccccc1)OCc1ccccc1)OC.O=CN(C[C@@H](OCc1ccccc1)[C@@H](OCc1ccccc1)[C@@H](CCP(=O)(O)O)OCc1ccccc1)OCc1ccccc1. The van der Waals surface area contributed by atoms with Crippen molar-refractivity contribution in [2.24, 2.45) is 0 Å². The Morgan fingerprint density at radius 3 is 0.804 bits per heavy atom. The highest BCUT2D eigenvalue weighted by Gasteiger charge is 2.38. The van der Waals surface area contributed by atoms with Crippen LogP contribution >= 0.6 is 15.2 Å². The molecule has 20 heteroatoms. The lowest BCUT2D eigenvalue weighted by atomic mass is 10.0. The molecule has 0 spiro atoms. The summed E-state index contributed by atoms with van der Waals surface area (Å²) in [5.74, 6) is 0. The van der Waals surface area contributed by atoms with Crippen LogP contribution in [0, 0.1) is 0 Å². The second-order valence-corrected chi connectivity index (χ2v) is 25.6. The van der Waals surface area contributed by atoms with Gasteiger partial charge in [-0.1, -0.05) is 243 Å². The Balaban J connectivity index is 0.000000261. The van der Waals surface area contributed by atoms with Crippen LogP contribution in [0.2, 0.25) is 0 Å². The maximum atomic E-state index is 13.2. The molecule has 8 rings (SSSR count). The van der Waals surface area contributed by atoms with Crippen molar-refractivity contribution in [2.75, 3.05) is 39.6 Å². The van der Waals surface area contributed by atoms with Crippen LogP contribution in [0.15, 0.2) is 243 Å². The predicted octanol–water partition coefficient (Wildman–Crippen LogP) is 13.1. The number of ether oxygens (including phenoxy) is 6. The standard InChI is InChI=1S/C37H44NO8P.C35H40NO8P/c1-41-47(40,42-2)24-23-35(43-26-31-15-7-3-8-16-31)37(45-28-33-19-11-5-12-20-33)36(44-27-32-17-9-4-10-18-32)25-38(30-39)46-29-34-21-13-6-14-22-34;37-28-36(44-27-32-19-11-4-12-20-32)23-34(42-25-30-15-7-2-8-16-30)35(43-26-31-17-9-3-10-18-31)33(21-22-45(38,39)40)41-24-29-13-5-1-6-14-29/h3-22,30,35-37H,23-29H2,1-2H3;1-20,28,33-35H,21-27H2,(H2,38,39,40)/t35-,36-,37+;33-,34-,35+/m11/s1. The highest BCUT2D eigenvalue weighted by Crippen LogP contribution is 2.47. The van der Waals surface area contributed by atoms with Crippen molar-refractivity contribution in [2.45, 2.75) is 102 Å². The minimum Gasteiger partial charge on any atom is -0.371 e. The van der Waals surface area contributed by atoms with Gasteiger partial charge in [0.2, 0.25) is 12.8 Å². The first-order valence-electron chi connectivity index (χ1n) is 30.4. The molecule has 0 aliphatic heterocycles. The molecular formula is C72H84N2O16P2. The van der Waals surface area contributed by atoms with Gasteiger partial charge in [-0.3, -0.25) is 28.4 Å². The third-order valence-corrected chi connectivity index (χ3v) is 17.4. The summed E-state index contributed by atoms with van der Waals surface area (Å²) in [5.41, 5.74) is 7.36. The Morgan fingerprint density at radius 1 is 0.337 bits per heavy atom. The van der Waals surface area contributed by atoms with E-state index >= 15 is 0 Å². The number of amides is 2. The van der Waals surface area contributed by atoms with E-state index in [-0.39, 0.29) is 84.9 Å². The number of nitrogens with zero attached hydrogens (tertiary/aromatic N) is 2. The molecular weight excluding hydrogens is 1210 g/mol. The smallest absolute Gasteiger partial charge is 0.330 e. The maximum Gasteiger partial charge on any atom is 0.330 e. The molecule has 92 heavy (non-hydrogen) atoms. The maximum absolute atomic E-state index is 13.2. The predicted molar refractivity (Wildman–Crippen MR) is 351 cm³/mol. The number of hydrogen-bond donors (Lipinski definition) is 2. The first kappa shape index (κ1) is 72.1. The summed E-state index contributed by atoms with van der Waals surface area (Å²) in [6.45, 7) is 1.72. The Hall–Kier alpha value is -7.32. The molecule has 2 amide bonds. The van der Waals surface area contributed by atoms with Crippen molar-refractivity contribution >= 4 is 28.0 Å². The third-order valence-electron chi connectivity index (χ3n) is 14.6. The van der Waals surface area contributed by atoms with Crippen LogP contribution in [0.4, 0.5) is 0 Å². The second-order valence-electron chi connectivity index (χ2n) is 21.5. The average molecular weight is 1300 g/mol. The molecule has 0 heterocycles. The van der Waals surface area contributed by atoms with Crippen LogP contribution in [0.3, 0.4) is 0 Å². The largest absolute Gasteiger partial charge is 0.371 e. The Bertz CT molecular complexity index is 3330. The molecule has 6 atom stereocenters. The van der Waals surface area contributed by atoms with E-state index in [9.17, 15) is 28.5 Å². The van der Waals surface area contributed by atoms with Crippen molar-refractivity contribution in [3.8, 4) is 0 Å². The summed E-state index contributed by atoms with van der Waals surface area (Å²) >= 11 is 0. The molecule has 488 valence electrons. The van der Waals surface area contributed by atoms with Gasteiger partial charge in [0.25, 0.3) is 0 Å². The van der Waals surface area contributed by atoms with Gasteiger partial charge in [0.05, 0.1) is 77.3 Å². The van der Waals surface area contributed by atoms with E-state index in [2.05, 4.69) is 0 Å². The summed E-state index contributed by atoms with van der Waals surface area (Å²) in [7, 11) is -5.02. The molecule has 8 aromatic carbocycles. The van der Waals surface area contributed by atoms with E-state index in [1.54, 1.807) is 0 Å². The van der Waals surface area contributed by atoms with E-state index in [0.29, 0.717) is 12.8 Å². The first-order valence-corrected chi connectivity index (χ1v) is 33.9. The molecule has 2 N–H and O–H groups in total. The van der Waals surface area contributed by atoms with Crippen molar-refractivity contribution in [3.05, 3.63) is 287 Å². The van der Waals surface area contributed by atoms with E-state index in [4.69, 9.17) is 47.1 Å². The van der Waals surface area contributed by atoms with Gasteiger partial charge in [0.1, 0.15) is 37.6 Å². The van der Waals surface area contributed by atoms with E-state index in [1.165, 1.54) is 24.3 Å². The van der Waals surface area contributed by atoms with Gasteiger partial charge < -0.3 is 47.3 Å². The molecule has 0 aliphatic carbocycles. The van der Waals surface area contributed by atoms with Crippen LogP contribution in [0.25, 0.3) is 0 Å². The van der Waals surface area contributed by atoms with Crippen LogP contribution in [-0.4, -0.2) is 109 Å². The van der Waals surface area contributed by atoms with Crippen molar-refractivity contribution in [1.82, 2.24) is 10.1 Å². The van der Waals surface area contributed by atoms with Crippen molar-refractivity contribution < 1.29 is 75.6 Å². The molecule has 0 unspecified atom stereocenters. The van der Waals surface area contributed by atoms with Gasteiger partial charge in [0.15, 0.2) is 0 Å². The zero-order valence-corrected chi connectivity index (χ0v) is 53.8. The highest BCUT2D eigenvalue weighted by atomic mass is 31.2. The minimum atomic E-state index is -4.37. The normalized spacial score (nSPS) is 13.5. The van der Waals surface area contributed by atoms with Crippen molar-refractivity contribution in [1.29, 1.82) is 0 Å². The lowest BCUT2D eigenvalue weighted by Crippen LogP contribution is -2.48. The minimum absolute atomic E-state index is 0.00622. The zero-order valence-electron chi connectivity index (χ0n) is 52.0. The van der Waals surface area contributed by atoms with Gasteiger partial charge in [-0.2, -0.15) is 0 Å². The highest BCUT2D eigenvalue weighted by molar-refractivity contribution is 7.53. The summed E-state index contributed by atoms with van der Waals surface area (Å²) < 4.78 is 74.8. The van der Waals surface area contributed by atoms with Gasteiger partial charge in [-0.05, 0) is 57.3 Å². The van der Waals surface area contributed by atoms with Gasteiger partial charge >= 0.3 is 15.2 Å². The molecule has 18 nitrogen and oxygen atoms in total. The average Bonchev–Trinajstić information content (AvgIpc) is 2.21. The number of carbonyl (C=O) groups excluding carboxylic acids is 2. The van der Waals surface area contributed by atoms with E-state index in [0.717, 1.165) is 44.5 Å². The van der Waals surface area contributed by atoms with Gasteiger partial charge in [0, 0.05) is 14.2 Å². The van der Waals surface area contributed by atoms with Gasteiger partial charge in [-0.15, -0.1) is 0 Å². The lowest BCUT2D eigenvalue weighted by Gasteiger charge is -2.35. The van der Waals surface area contributed by atoms with Gasteiger partial charge in [-0.25, -0.2) is 10.1 Å². The summed E-state index contributed by atoms with van der Waals surface area (Å²) in [4.78, 5) is 56.0. The van der Waals surface area contributed by atoms with Crippen molar-refractivity contribution in [3.63, 3.8) is 0 Å². The van der Waals surface area contributed by atoms with Crippen LogP contribution in [0.5, 0.6) is 0 Å². The number of hydroxylamine groups is 4. The molecule has 0 saturated carbocycles. The topological polar surface area (TPSA) is 208 Å². The third kappa shape index (κ3) is 27.1. The molecule has 8 aromatic rings. The molecule has 0 aliphatic rings. The van der Waals surface area contributed by atoms with E-state index < -0.39 is 58.0 Å². The molecule has 0 aromatic heterocycles. The molecule has 0 saturated heterocycles. The fourth-order valence-electron chi connectivity index (χ4n) is 9.65. The second kappa shape index (κ2) is 40.6. The van der Waals surface area contributed by atoms with Crippen LogP contribution in [0.1, 0.15) is 57.3 Å². The lowest BCUT2D eigenvalue weighted by molar-refractivity contribution is -0.208. The zero-order chi connectivity index (χ0) is 64.9. The first-order chi connectivity index (χ1) is 44.9. The summed E-state index contributed by atoms with van der Waals surface area (Å²) in [6, 6.07) is 77.0. The monoisotopic (exact) mass is 1290 g/mol. The Labute approximate surface area is 540 Å². The number of benzene rings is 8. The van der Waals surface area contributed by atoms with Crippen LogP contribution < -0.4 is 0 Å². The molecule has 0 bridgehead atoms. The molecule has 0 fully saturated rings. The number of rotatable bonds is 42. The quantitative estimate of drug-likeness (QED) is 0.0207. The Kier molecular flexibility index (Phi) is 31.8. The molecule has 0 radical (unpaired) electrons. The van der Waals surface area contributed by atoms with E-state index in [1.807, 2.05) is 243 Å². The number of hydrogen-bond acceptors (Lipinski definition) is 14. The number of carbonyl (C=O) groups is 2. The Morgan fingerprint density at radius 2 is 0.565 bits per heavy atom. The fourth-order valence-corrected chi connectivity index (χ4v) is 11.3. The summed E-state index contributed by atoms with van der Waals surface area (Å²) in [6.07, 6.45) is -3.37. The fraction of sp³-hybridized carbons (Fsp3) is 0.306. The van der Waals surface area contributed by atoms with Crippen LogP contribution in [-0.2, 0) is 119 Å².